The van der Waals surface area contributed by atoms with Gasteiger partial charge in [0.05, 0.1) is 0 Å². The van der Waals surface area contributed by atoms with Crippen LogP contribution in [0.5, 0.6) is 0 Å². The Kier molecular flexibility index (Phi) is 5.17. The number of benzene rings is 2. The molecule has 0 aromatic heterocycles. The van der Waals surface area contributed by atoms with Crippen molar-refractivity contribution in [2.75, 3.05) is 0 Å². The van der Waals surface area contributed by atoms with Crippen molar-refractivity contribution >= 4 is 15.9 Å². The van der Waals surface area contributed by atoms with Gasteiger partial charge in [0.15, 0.2) is 0 Å². The molecule has 0 unspecified atom stereocenters. The van der Waals surface area contributed by atoms with Crippen LogP contribution in [0.2, 0.25) is 0 Å². The lowest BCUT2D eigenvalue weighted by Gasteiger charge is -2.12. The second-order valence-corrected chi connectivity index (χ2v) is 5.72. The van der Waals surface area contributed by atoms with Crippen LogP contribution in [-0.4, -0.2) is 5.11 Å². The summed E-state index contributed by atoms with van der Waals surface area (Å²) in [7, 11) is 0. The molecule has 0 saturated heterocycles. The third-order valence-corrected chi connectivity index (χ3v) is 3.77. The van der Waals surface area contributed by atoms with Crippen molar-refractivity contribution in [1.29, 1.82) is 0 Å². The van der Waals surface area contributed by atoms with Crippen LogP contribution in [0.15, 0.2) is 53.0 Å². The molecule has 0 radical (unpaired) electrons. The first kappa shape index (κ1) is 14.3. The molecule has 0 aliphatic carbocycles. The van der Waals surface area contributed by atoms with Crippen LogP contribution >= 0.6 is 15.9 Å². The van der Waals surface area contributed by atoms with Gasteiger partial charge in [-0.05, 0) is 41.7 Å². The number of unbranched alkanes of at least 4 members (excludes halogenated alkanes) is 1. The molecule has 0 fully saturated rings. The fraction of sp³-hybridized carbons (Fsp3) is 0.294. The maximum Gasteiger partial charge on any atom is 0.104 e. The van der Waals surface area contributed by atoms with Crippen molar-refractivity contribution < 1.29 is 5.11 Å². The van der Waals surface area contributed by atoms with Gasteiger partial charge in [-0.1, -0.05) is 65.7 Å². The number of aryl methyl sites for hydroxylation is 1. The lowest BCUT2D eigenvalue weighted by molar-refractivity contribution is 0.220. The summed E-state index contributed by atoms with van der Waals surface area (Å²) in [5.74, 6) is 0. The third kappa shape index (κ3) is 3.92. The molecule has 2 aromatic carbocycles. The van der Waals surface area contributed by atoms with Gasteiger partial charge in [-0.2, -0.15) is 0 Å². The van der Waals surface area contributed by atoms with Gasteiger partial charge in [-0.25, -0.2) is 0 Å². The van der Waals surface area contributed by atoms with Gasteiger partial charge in [-0.15, -0.1) is 0 Å². The molecule has 19 heavy (non-hydrogen) atoms. The standard InChI is InChI=1S/C17H19BrO/c1-2-3-5-13-8-10-14(11-9-13)17(19)15-6-4-7-16(18)12-15/h4,6-12,17,19H,2-3,5H2,1H3/t17-/m1/s1. The summed E-state index contributed by atoms with van der Waals surface area (Å²) in [5.41, 5.74) is 3.20. The lowest BCUT2D eigenvalue weighted by atomic mass is 9.99. The van der Waals surface area contributed by atoms with Crippen LogP contribution in [0.4, 0.5) is 0 Å². The highest BCUT2D eigenvalue weighted by atomic mass is 79.9. The zero-order chi connectivity index (χ0) is 13.7. The van der Waals surface area contributed by atoms with Gasteiger partial charge < -0.3 is 5.11 Å². The molecule has 1 nitrogen and oxygen atoms in total. The Labute approximate surface area is 123 Å². The monoisotopic (exact) mass is 318 g/mol. The van der Waals surface area contributed by atoms with Crippen molar-refractivity contribution in [1.82, 2.24) is 0 Å². The molecule has 100 valence electrons. The van der Waals surface area contributed by atoms with Gasteiger partial charge in [0.1, 0.15) is 6.10 Å². The van der Waals surface area contributed by atoms with Crippen LogP contribution < -0.4 is 0 Å². The molecular weight excluding hydrogens is 300 g/mol. The molecule has 0 saturated carbocycles. The Balaban J connectivity index is 2.13. The number of rotatable bonds is 5. The summed E-state index contributed by atoms with van der Waals surface area (Å²) in [6.45, 7) is 2.20. The normalized spacial score (nSPS) is 12.4. The molecule has 2 heteroatoms. The maximum absolute atomic E-state index is 10.4. The van der Waals surface area contributed by atoms with E-state index in [9.17, 15) is 5.11 Å². The minimum atomic E-state index is -0.558. The smallest absolute Gasteiger partial charge is 0.104 e. The van der Waals surface area contributed by atoms with Gasteiger partial charge in [0.25, 0.3) is 0 Å². The number of hydrogen-bond donors (Lipinski definition) is 1. The topological polar surface area (TPSA) is 20.2 Å². The Morgan fingerprint density at radius 3 is 2.42 bits per heavy atom. The van der Waals surface area contributed by atoms with E-state index in [0.717, 1.165) is 22.0 Å². The van der Waals surface area contributed by atoms with E-state index in [2.05, 4.69) is 35.0 Å². The minimum absolute atomic E-state index is 0.558. The van der Waals surface area contributed by atoms with Crippen LogP contribution in [0.3, 0.4) is 0 Å². The summed E-state index contributed by atoms with van der Waals surface area (Å²) < 4.78 is 0.989. The second-order valence-electron chi connectivity index (χ2n) is 4.80. The SMILES string of the molecule is CCCCc1ccc([C@@H](O)c2cccc(Br)c2)cc1. The van der Waals surface area contributed by atoms with Crippen LogP contribution in [0.1, 0.15) is 42.6 Å². The van der Waals surface area contributed by atoms with E-state index in [4.69, 9.17) is 0 Å². The van der Waals surface area contributed by atoms with Crippen molar-refractivity contribution in [3.63, 3.8) is 0 Å². The molecule has 0 amide bonds. The molecule has 1 N–H and O–H groups in total. The Morgan fingerprint density at radius 1 is 1.05 bits per heavy atom. The molecule has 0 bridgehead atoms. The van der Waals surface area contributed by atoms with Gasteiger partial charge in [0.2, 0.25) is 0 Å². The summed E-state index contributed by atoms with van der Waals surface area (Å²) in [6.07, 6.45) is 2.98. The largest absolute Gasteiger partial charge is 0.384 e. The molecule has 0 heterocycles. The average molecular weight is 319 g/mol. The van der Waals surface area contributed by atoms with Crippen molar-refractivity contribution in [2.45, 2.75) is 32.3 Å². The van der Waals surface area contributed by atoms with E-state index in [1.54, 1.807) is 0 Å². The molecular formula is C17H19BrO. The molecule has 2 aromatic rings. The van der Waals surface area contributed by atoms with Gasteiger partial charge in [-0.3, -0.25) is 0 Å². The van der Waals surface area contributed by atoms with Crippen LogP contribution in [-0.2, 0) is 6.42 Å². The third-order valence-electron chi connectivity index (χ3n) is 3.28. The second kappa shape index (κ2) is 6.88. The van der Waals surface area contributed by atoms with Crippen molar-refractivity contribution in [2.24, 2.45) is 0 Å². The summed E-state index contributed by atoms with van der Waals surface area (Å²) in [4.78, 5) is 0. The molecule has 0 aliphatic rings. The van der Waals surface area contributed by atoms with Gasteiger partial charge in [0, 0.05) is 4.47 Å². The molecule has 0 spiro atoms. The zero-order valence-electron chi connectivity index (χ0n) is 11.1. The van der Waals surface area contributed by atoms with E-state index >= 15 is 0 Å². The summed E-state index contributed by atoms with van der Waals surface area (Å²) in [6, 6.07) is 16.1. The highest BCUT2D eigenvalue weighted by Crippen LogP contribution is 2.24. The number of halogens is 1. The zero-order valence-corrected chi connectivity index (χ0v) is 12.7. The quantitative estimate of drug-likeness (QED) is 0.833. The fourth-order valence-corrected chi connectivity index (χ4v) is 2.53. The molecule has 1 atom stereocenters. The summed E-state index contributed by atoms with van der Waals surface area (Å²) in [5, 5.41) is 10.4. The van der Waals surface area contributed by atoms with Crippen LogP contribution in [0.25, 0.3) is 0 Å². The lowest BCUT2D eigenvalue weighted by Crippen LogP contribution is -1.99. The van der Waals surface area contributed by atoms with E-state index in [1.165, 1.54) is 18.4 Å². The first-order valence-electron chi connectivity index (χ1n) is 6.73. The van der Waals surface area contributed by atoms with Gasteiger partial charge >= 0.3 is 0 Å². The first-order chi connectivity index (χ1) is 9.20. The van der Waals surface area contributed by atoms with E-state index in [0.29, 0.717) is 0 Å². The predicted molar refractivity (Wildman–Crippen MR) is 83.3 cm³/mol. The highest BCUT2D eigenvalue weighted by molar-refractivity contribution is 9.10. The van der Waals surface area contributed by atoms with E-state index in [1.807, 2.05) is 36.4 Å². The average Bonchev–Trinajstić information content (AvgIpc) is 2.45. The van der Waals surface area contributed by atoms with Crippen molar-refractivity contribution in [3.8, 4) is 0 Å². The number of aliphatic hydroxyl groups is 1. The fourth-order valence-electron chi connectivity index (χ4n) is 2.12. The van der Waals surface area contributed by atoms with E-state index < -0.39 is 6.10 Å². The number of aliphatic hydroxyl groups excluding tert-OH is 1. The molecule has 2 rings (SSSR count). The van der Waals surface area contributed by atoms with Crippen LogP contribution in [0, 0.1) is 0 Å². The predicted octanol–water partition coefficient (Wildman–Crippen LogP) is 4.87. The van der Waals surface area contributed by atoms with E-state index in [-0.39, 0.29) is 0 Å². The Hall–Kier alpha value is -1.12. The minimum Gasteiger partial charge on any atom is -0.384 e. The summed E-state index contributed by atoms with van der Waals surface area (Å²) >= 11 is 3.43. The first-order valence-corrected chi connectivity index (χ1v) is 7.52. The number of hydrogen-bond acceptors (Lipinski definition) is 1. The highest BCUT2D eigenvalue weighted by Gasteiger charge is 2.10. The molecule has 0 aliphatic heterocycles. The Morgan fingerprint density at radius 2 is 1.79 bits per heavy atom. The van der Waals surface area contributed by atoms with Crippen molar-refractivity contribution in [3.05, 3.63) is 69.7 Å². The maximum atomic E-state index is 10.4. The Bertz CT molecular complexity index is 519.